The Morgan fingerprint density at radius 1 is 1.22 bits per heavy atom. The lowest BCUT2D eigenvalue weighted by atomic mass is 10.0. The van der Waals surface area contributed by atoms with Crippen LogP contribution in [0.25, 0.3) is 0 Å². The molecule has 0 radical (unpaired) electrons. The molecule has 0 amide bonds. The third kappa shape index (κ3) is 3.86. The molecule has 6 nitrogen and oxygen atoms in total. The third-order valence-corrected chi connectivity index (χ3v) is 5.78. The summed E-state index contributed by atoms with van der Waals surface area (Å²) in [5.41, 5.74) is 3.08. The Morgan fingerprint density at radius 3 is 2.78 bits per heavy atom. The molecule has 0 saturated carbocycles. The number of hydrogen-bond donors (Lipinski definition) is 1. The van der Waals surface area contributed by atoms with Gasteiger partial charge in [-0.15, -0.1) is 0 Å². The molecule has 1 saturated heterocycles. The van der Waals surface area contributed by atoms with E-state index in [1.54, 1.807) is 7.11 Å². The number of ether oxygens (including phenoxy) is 1. The molecule has 27 heavy (non-hydrogen) atoms. The van der Waals surface area contributed by atoms with Gasteiger partial charge in [0.15, 0.2) is 0 Å². The van der Waals surface area contributed by atoms with E-state index >= 15 is 0 Å². The van der Waals surface area contributed by atoms with Gasteiger partial charge in [-0.1, -0.05) is 12.1 Å². The number of fused-ring (bicyclic) bond motifs is 1. The second-order valence-electron chi connectivity index (χ2n) is 7.66. The van der Waals surface area contributed by atoms with Crippen LogP contribution >= 0.6 is 0 Å². The van der Waals surface area contributed by atoms with E-state index in [2.05, 4.69) is 33.8 Å². The Bertz CT molecular complexity index is 846. The van der Waals surface area contributed by atoms with Crippen molar-refractivity contribution in [1.82, 2.24) is 14.9 Å². The first kappa shape index (κ1) is 18.0. The zero-order chi connectivity index (χ0) is 18.8. The van der Waals surface area contributed by atoms with Crippen LogP contribution in [0.3, 0.4) is 0 Å². The fourth-order valence-corrected chi connectivity index (χ4v) is 4.15. The molecule has 4 rings (SSSR count). The van der Waals surface area contributed by atoms with Gasteiger partial charge in [0.2, 0.25) is 5.95 Å². The predicted molar refractivity (Wildman–Crippen MR) is 106 cm³/mol. The zero-order valence-corrected chi connectivity index (χ0v) is 16.2. The molecule has 144 valence electrons. The van der Waals surface area contributed by atoms with Gasteiger partial charge < -0.3 is 9.64 Å². The van der Waals surface area contributed by atoms with Crippen molar-refractivity contribution in [3.63, 3.8) is 0 Å². The predicted octanol–water partition coefficient (Wildman–Crippen LogP) is 2.72. The van der Waals surface area contributed by atoms with Gasteiger partial charge in [-0.3, -0.25) is 14.7 Å². The molecule has 1 aromatic heterocycles. The molecule has 2 aliphatic heterocycles. The van der Waals surface area contributed by atoms with Crippen LogP contribution in [0, 0.1) is 0 Å². The minimum Gasteiger partial charge on any atom is -0.497 e. The fraction of sp³-hybridized carbons (Fsp3) is 0.524. The normalized spacial score (nSPS) is 20.4. The van der Waals surface area contributed by atoms with Gasteiger partial charge in [-0.2, -0.15) is 0 Å². The van der Waals surface area contributed by atoms with E-state index in [0.717, 1.165) is 68.4 Å². The maximum Gasteiger partial charge on any atom is 0.255 e. The van der Waals surface area contributed by atoms with Gasteiger partial charge in [0.25, 0.3) is 5.56 Å². The maximum atomic E-state index is 12.6. The Labute approximate surface area is 160 Å². The summed E-state index contributed by atoms with van der Waals surface area (Å²) in [5.74, 6) is 1.62. The molecule has 0 aliphatic carbocycles. The Kier molecular flexibility index (Phi) is 5.16. The van der Waals surface area contributed by atoms with Crippen molar-refractivity contribution >= 4 is 5.95 Å². The van der Waals surface area contributed by atoms with Gasteiger partial charge in [-0.25, -0.2) is 4.98 Å². The van der Waals surface area contributed by atoms with Gasteiger partial charge in [0, 0.05) is 37.8 Å². The van der Waals surface area contributed by atoms with Crippen LogP contribution in [-0.4, -0.2) is 41.1 Å². The number of nitrogens with zero attached hydrogens (tertiary/aromatic N) is 3. The Hall–Kier alpha value is -2.34. The van der Waals surface area contributed by atoms with Crippen LogP contribution in [0.5, 0.6) is 5.75 Å². The average Bonchev–Trinajstić information content (AvgIpc) is 2.68. The van der Waals surface area contributed by atoms with E-state index in [-0.39, 0.29) is 5.56 Å². The third-order valence-electron chi connectivity index (χ3n) is 5.78. The minimum atomic E-state index is 0.0388. The molecule has 1 aromatic carbocycles. The number of H-pyrrole nitrogens is 1. The molecule has 3 heterocycles. The van der Waals surface area contributed by atoms with E-state index in [0.29, 0.717) is 6.04 Å². The summed E-state index contributed by atoms with van der Waals surface area (Å²) in [5, 5.41) is 0. The van der Waals surface area contributed by atoms with E-state index in [1.807, 2.05) is 12.1 Å². The summed E-state index contributed by atoms with van der Waals surface area (Å²) >= 11 is 0. The van der Waals surface area contributed by atoms with Crippen LogP contribution in [0.1, 0.15) is 43.0 Å². The maximum absolute atomic E-state index is 12.6. The monoisotopic (exact) mass is 368 g/mol. The Morgan fingerprint density at radius 2 is 2.04 bits per heavy atom. The highest BCUT2D eigenvalue weighted by atomic mass is 16.5. The Balaban J connectivity index is 1.53. The smallest absolute Gasteiger partial charge is 0.255 e. The first-order chi connectivity index (χ1) is 13.1. The van der Waals surface area contributed by atoms with Crippen LogP contribution in [-0.2, 0) is 19.5 Å². The standard InChI is InChI=1S/C21H28N4O2/c1-15-5-3-4-11-25(15)21-22-19-14-24(12-10-18(19)20(26)23-21)13-16-6-8-17(27-2)9-7-16/h6-9,15H,3-5,10-14H2,1-2H3,(H,22,23,26)/t15-/m0/s1. The molecular weight excluding hydrogens is 340 g/mol. The fourth-order valence-electron chi connectivity index (χ4n) is 4.15. The first-order valence-corrected chi connectivity index (χ1v) is 9.88. The molecule has 2 aromatic rings. The summed E-state index contributed by atoms with van der Waals surface area (Å²) in [7, 11) is 1.68. The highest BCUT2D eigenvalue weighted by Gasteiger charge is 2.25. The highest BCUT2D eigenvalue weighted by Crippen LogP contribution is 2.23. The van der Waals surface area contributed by atoms with Gasteiger partial charge in [0.05, 0.1) is 12.8 Å². The average molecular weight is 368 g/mol. The molecule has 0 spiro atoms. The number of nitrogens with one attached hydrogen (secondary N) is 1. The van der Waals surface area contributed by atoms with Crippen molar-refractivity contribution in [1.29, 1.82) is 0 Å². The summed E-state index contributed by atoms with van der Waals surface area (Å²) in [4.78, 5) is 25.1. The molecule has 1 fully saturated rings. The molecule has 6 heteroatoms. The van der Waals surface area contributed by atoms with Crippen LogP contribution < -0.4 is 15.2 Å². The number of benzene rings is 1. The van der Waals surface area contributed by atoms with E-state index in [4.69, 9.17) is 9.72 Å². The molecule has 0 unspecified atom stereocenters. The summed E-state index contributed by atoms with van der Waals surface area (Å²) in [6, 6.07) is 8.61. The highest BCUT2D eigenvalue weighted by molar-refractivity contribution is 5.36. The van der Waals surface area contributed by atoms with Crippen molar-refractivity contribution in [3.05, 3.63) is 51.4 Å². The molecular formula is C21H28N4O2. The molecule has 1 atom stereocenters. The van der Waals surface area contributed by atoms with E-state index in [1.165, 1.54) is 12.0 Å². The summed E-state index contributed by atoms with van der Waals surface area (Å²) < 4.78 is 5.23. The van der Waals surface area contributed by atoms with Gasteiger partial charge in [0.1, 0.15) is 5.75 Å². The van der Waals surface area contributed by atoms with Crippen molar-refractivity contribution in [2.45, 2.75) is 51.7 Å². The van der Waals surface area contributed by atoms with Crippen molar-refractivity contribution < 1.29 is 4.74 Å². The lowest BCUT2D eigenvalue weighted by molar-refractivity contribution is 0.240. The van der Waals surface area contributed by atoms with Crippen LogP contribution in [0.4, 0.5) is 5.95 Å². The number of aromatic nitrogens is 2. The number of anilines is 1. The van der Waals surface area contributed by atoms with E-state index < -0.39 is 0 Å². The van der Waals surface area contributed by atoms with Gasteiger partial charge >= 0.3 is 0 Å². The quantitative estimate of drug-likeness (QED) is 0.899. The first-order valence-electron chi connectivity index (χ1n) is 9.88. The number of piperidine rings is 1. The number of methoxy groups -OCH3 is 1. The number of rotatable bonds is 4. The van der Waals surface area contributed by atoms with Gasteiger partial charge in [-0.05, 0) is 50.3 Å². The van der Waals surface area contributed by atoms with Crippen molar-refractivity contribution in [3.8, 4) is 5.75 Å². The van der Waals surface area contributed by atoms with Crippen molar-refractivity contribution in [2.24, 2.45) is 0 Å². The number of aromatic amines is 1. The van der Waals surface area contributed by atoms with Crippen LogP contribution in [0.15, 0.2) is 29.1 Å². The molecule has 1 N–H and O–H groups in total. The van der Waals surface area contributed by atoms with Crippen LogP contribution in [0.2, 0.25) is 0 Å². The summed E-state index contributed by atoms with van der Waals surface area (Å²) in [6.07, 6.45) is 4.32. The molecule has 0 bridgehead atoms. The SMILES string of the molecule is COc1ccc(CN2CCc3c(nc(N4CCCC[C@@H]4C)[nH]c3=O)C2)cc1. The topological polar surface area (TPSA) is 61.5 Å². The number of hydrogen-bond acceptors (Lipinski definition) is 5. The van der Waals surface area contributed by atoms with Crippen molar-refractivity contribution in [2.75, 3.05) is 25.1 Å². The lowest BCUT2D eigenvalue weighted by Crippen LogP contribution is -2.41. The van der Waals surface area contributed by atoms with E-state index in [9.17, 15) is 4.79 Å². The summed E-state index contributed by atoms with van der Waals surface area (Å²) in [6.45, 7) is 5.64. The second kappa shape index (κ2) is 7.72. The zero-order valence-electron chi connectivity index (χ0n) is 16.2. The molecule has 2 aliphatic rings. The lowest BCUT2D eigenvalue weighted by Gasteiger charge is -2.35. The largest absolute Gasteiger partial charge is 0.497 e. The minimum absolute atomic E-state index is 0.0388. The second-order valence-corrected chi connectivity index (χ2v) is 7.66.